The zero-order valence-electron chi connectivity index (χ0n) is 18.0. The summed E-state index contributed by atoms with van der Waals surface area (Å²) in [6, 6.07) is 29.3. The van der Waals surface area contributed by atoms with Crippen LogP contribution in [0.15, 0.2) is 109 Å². The van der Waals surface area contributed by atoms with E-state index in [9.17, 15) is 4.79 Å². The molecule has 0 unspecified atom stereocenters. The molecule has 0 saturated heterocycles. The van der Waals surface area contributed by atoms with Gasteiger partial charge in [0.2, 0.25) is 0 Å². The maximum Gasteiger partial charge on any atom is 0.259 e. The van der Waals surface area contributed by atoms with E-state index < -0.39 is 0 Å². The fourth-order valence-electron chi connectivity index (χ4n) is 3.26. The molecule has 8 nitrogen and oxygen atoms in total. The van der Waals surface area contributed by atoms with Crippen LogP contribution in [0.5, 0.6) is 11.5 Å². The Hall–Kier alpha value is -4.98. The van der Waals surface area contributed by atoms with E-state index in [-0.39, 0.29) is 5.91 Å². The third kappa shape index (κ3) is 4.91. The summed E-state index contributed by atoms with van der Waals surface area (Å²) < 4.78 is 7.53. The van der Waals surface area contributed by atoms with Crippen molar-refractivity contribution in [2.75, 3.05) is 10.6 Å². The largest absolute Gasteiger partial charge is 0.457 e. The number of rotatable bonds is 7. The number of nitrogens with one attached hydrogen (secondary N) is 2. The van der Waals surface area contributed by atoms with Crippen molar-refractivity contribution in [3.63, 3.8) is 0 Å². The van der Waals surface area contributed by atoms with Gasteiger partial charge in [-0.3, -0.25) is 4.79 Å². The van der Waals surface area contributed by atoms with Crippen LogP contribution in [0.2, 0.25) is 0 Å². The lowest BCUT2D eigenvalue weighted by Crippen LogP contribution is -2.13. The quantitative estimate of drug-likeness (QED) is 0.344. The highest BCUT2D eigenvalue weighted by Gasteiger charge is 2.13. The predicted octanol–water partition coefficient (Wildman–Crippen LogP) is 5.45. The standard InChI is InChI=1S/C26H20N6O2/c33-26(22-9-4-5-10-23(22)34-21-7-2-1-3-8-21)29-20-13-11-19(12-14-20)28-24-15-16-25(31-30-24)32-18-6-17-27-32/h1-18H,(H,28,30)(H,29,33). The number of hydrogen-bond acceptors (Lipinski definition) is 6. The molecular weight excluding hydrogens is 428 g/mol. The molecule has 2 N–H and O–H groups in total. The highest BCUT2D eigenvalue weighted by atomic mass is 16.5. The predicted molar refractivity (Wildman–Crippen MR) is 130 cm³/mol. The van der Waals surface area contributed by atoms with Crippen LogP contribution in [0.25, 0.3) is 5.82 Å². The fourth-order valence-corrected chi connectivity index (χ4v) is 3.26. The Kier molecular flexibility index (Phi) is 5.94. The molecule has 0 radical (unpaired) electrons. The van der Waals surface area contributed by atoms with Gasteiger partial charge in [0.25, 0.3) is 5.91 Å². The van der Waals surface area contributed by atoms with E-state index in [0.717, 1.165) is 5.69 Å². The van der Waals surface area contributed by atoms with Crippen LogP contribution in [0.4, 0.5) is 17.2 Å². The summed E-state index contributed by atoms with van der Waals surface area (Å²) in [6.07, 6.45) is 3.49. The van der Waals surface area contributed by atoms with Gasteiger partial charge in [0.05, 0.1) is 5.56 Å². The highest BCUT2D eigenvalue weighted by Crippen LogP contribution is 2.26. The molecule has 8 heteroatoms. The first-order valence-electron chi connectivity index (χ1n) is 10.6. The highest BCUT2D eigenvalue weighted by molar-refractivity contribution is 6.06. The summed E-state index contributed by atoms with van der Waals surface area (Å²) in [6.45, 7) is 0. The number of benzene rings is 3. The second kappa shape index (κ2) is 9.66. The lowest BCUT2D eigenvalue weighted by Gasteiger charge is -2.12. The number of nitrogens with zero attached hydrogens (tertiary/aromatic N) is 4. The summed E-state index contributed by atoms with van der Waals surface area (Å²) in [4.78, 5) is 12.9. The fraction of sp³-hybridized carbons (Fsp3) is 0. The van der Waals surface area contributed by atoms with E-state index in [4.69, 9.17) is 4.74 Å². The van der Waals surface area contributed by atoms with Gasteiger partial charge < -0.3 is 15.4 Å². The second-order valence-corrected chi connectivity index (χ2v) is 7.30. The van der Waals surface area contributed by atoms with Crippen LogP contribution in [0, 0.1) is 0 Å². The molecular formula is C26H20N6O2. The molecule has 34 heavy (non-hydrogen) atoms. The third-order valence-electron chi connectivity index (χ3n) is 4.91. The van der Waals surface area contributed by atoms with Crippen molar-refractivity contribution in [1.82, 2.24) is 20.0 Å². The van der Waals surface area contributed by atoms with Crippen LogP contribution >= 0.6 is 0 Å². The molecule has 5 aromatic rings. The summed E-state index contributed by atoms with van der Waals surface area (Å²) in [5.74, 6) is 2.12. The summed E-state index contributed by atoms with van der Waals surface area (Å²) >= 11 is 0. The Bertz CT molecular complexity index is 1370. The molecule has 0 atom stereocenters. The van der Waals surface area contributed by atoms with E-state index >= 15 is 0 Å². The zero-order chi connectivity index (χ0) is 23.2. The third-order valence-corrected chi connectivity index (χ3v) is 4.91. The minimum Gasteiger partial charge on any atom is -0.457 e. The molecule has 0 aliphatic rings. The van der Waals surface area contributed by atoms with Gasteiger partial charge in [-0.25, -0.2) is 4.68 Å². The lowest BCUT2D eigenvalue weighted by molar-refractivity contribution is 0.102. The van der Waals surface area contributed by atoms with Crippen molar-refractivity contribution >= 4 is 23.1 Å². The summed E-state index contributed by atoms with van der Waals surface area (Å²) in [7, 11) is 0. The van der Waals surface area contributed by atoms with Crippen molar-refractivity contribution < 1.29 is 9.53 Å². The number of anilines is 3. The first-order valence-corrected chi connectivity index (χ1v) is 10.6. The van der Waals surface area contributed by atoms with Crippen molar-refractivity contribution in [3.8, 4) is 17.3 Å². The molecule has 0 aliphatic carbocycles. The Morgan fingerprint density at radius 1 is 0.765 bits per heavy atom. The van der Waals surface area contributed by atoms with E-state index in [1.165, 1.54) is 0 Å². The van der Waals surface area contributed by atoms with Crippen LogP contribution in [0.3, 0.4) is 0 Å². The van der Waals surface area contributed by atoms with Crippen LogP contribution in [-0.2, 0) is 0 Å². The van der Waals surface area contributed by atoms with E-state index in [1.54, 1.807) is 35.3 Å². The number of ether oxygens (including phenoxy) is 1. The molecule has 3 aromatic carbocycles. The van der Waals surface area contributed by atoms with Crippen molar-refractivity contribution in [2.24, 2.45) is 0 Å². The molecule has 0 bridgehead atoms. The average molecular weight is 448 g/mol. The molecule has 0 saturated carbocycles. The van der Waals surface area contributed by atoms with Gasteiger partial charge in [0, 0.05) is 23.8 Å². The number of para-hydroxylation sites is 2. The number of carbonyl (C=O) groups excluding carboxylic acids is 1. The van der Waals surface area contributed by atoms with Gasteiger partial charge in [-0.05, 0) is 66.7 Å². The monoisotopic (exact) mass is 448 g/mol. The van der Waals surface area contributed by atoms with E-state index in [1.807, 2.05) is 78.9 Å². The molecule has 0 aliphatic heterocycles. The topological polar surface area (TPSA) is 94.0 Å². The first kappa shape index (κ1) is 20.9. The van der Waals surface area contributed by atoms with Gasteiger partial charge >= 0.3 is 0 Å². The maximum absolute atomic E-state index is 12.9. The smallest absolute Gasteiger partial charge is 0.259 e. The molecule has 0 fully saturated rings. The normalized spacial score (nSPS) is 10.5. The van der Waals surface area contributed by atoms with Gasteiger partial charge in [-0.15, -0.1) is 10.2 Å². The Labute approximate surface area is 195 Å². The Morgan fingerprint density at radius 3 is 2.26 bits per heavy atom. The lowest BCUT2D eigenvalue weighted by atomic mass is 10.1. The van der Waals surface area contributed by atoms with Gasteiger partial charge in [0.1, 0.15) is 11.5 Å². The average Bonchev–Trinajstić information content (AvgIpc) is 3.42. The van der Waals surface area contributed by atoms with Crippen molar-refractivity contribution in [2.45, 2.75) is 0 Å². The Morgan fingerprint density at radius 2 is 1.53 bits per heavy atom. The zero-order valence-corrected chi connectivity index (χ0v) is 18.0. The number of aromatic nitrogens is 4. The van der Waals surface area contributed by atoms with Crippen LogP contribution in [0.1, 0.15) is 10.4 Å². The number of carbonyl (C=O) groups is 1. The molecule has 166 valence electrons. The maximum atomic E-state index is 12.9. The van der Waals surface area contributed by atoms with Crippen molar-refractivity contribution in [3.05, 3.63) is 115 Å². The minimum absolute atomic E-state index is 0.257. The van der Waals surface area contributed by atoms with Crippen LogP contribution < -0.4 is 15.4 Å². The molecule has 5 rings (SSSR count). The summed E-state index contributed by atoms with van der Waals surface area (Å²) in [5.41, 5.74) is 1.92. The molecule has 2 aromatic heterocycles. The van der Waals surface area contributed by atoms with Gasteiger partial charge in [-0.2, -0.15) is 5.10 Å². The SMILES string of the molecule is O=C(Nc1ccc(Nc2ccc(-n3cccn3)nn2)cc1)c1ccccc1Oc1ccccc1. The number of hydrogen-bond donors (Lipinski definition) is 2. The Balaban J connectivity index is 1.24. The van der Waals surface area contributed by atoms with Gasteiger partial charge in [-0.1, -0.05) is 30.3 Å². The van der Waals surface area contributed by atoms with Crippen LogP contribution in [-0.4, -0.2) is 25.9 Å². The van der Waals surface area contributed by atoms with E-state index in [0.29, 0.717) is 34.4 Å². The minimum atomic E-state index is -0.257. The molecule has 2 heterocycles. The van der Waals surface area contributed by atoms with Crippen molar-refractivity contribution in [1.29, 1.82) is 0 Å². The summed E-state index contributed by atoms with van der Waals surface area (Å²) in [5, 5.41) is 18.6. The first-order chi connectivity index (χ1) is 16.7. The second-order valence-electron chi connectivity index (χ2n) is 7.30. The molecule has 1 amide bonds. The molecule has 0 spiro atoms. The van der Waals surface area contributed by atoms with E-state index in [2.05, 4.69) is 25.9 Å². The number of amides is 1. The van der Waals surface area contributed by atoms with Gasteiger partial charge in [0.15, 0.2) is 11.6 Å².